The minimum atomic E-state index is 0.455. The average Bonchev–Trinajstić information content (AvgIpc) is 3.13. The summed E-state index contributed by atoms with van der Waals surface area (Å²) in [5.41, 5.74) is 0. The predicted octanol–water partition coefficient (Wildman–Crippen LogP) is 4.50. The number of hydrogen-bond acceptors (Lipinski definition) is 4. The van der Waals surface area contributed by atoms with Gasteiger partial charge in [-0.2, -0.15) is 0 Å². The Hall–Kier alpha value is -0.680. The maximum Gasteiger partial charge on any atom is 0.0463 e. The van der Waals surface area contributed by atoms with E-state index in [1.807, 2.05) is 22.7 Å². The fourth-order valence-corrected chi connectivity index (χ4v) is 3.77. The molecule has 110 valence electrons. The molecule has 0 radical (unpaired) electrons. The summed E-state index contributed by atoms with van der Waals surface area (Å²) in [6.07, 6.45) is 4.70. The Labute approximate surface area is 129 Å². The van der Waals surface area contributed by atoms with Crippen molar-refractivity contribution < 1.29 is 4.74 Å². The third kappa shape index (κ3) is 5.37. The molecular formula is C16H23NOS2. The summed E-state index contributed by atoms with van der Waals surface area (Å²) < 4.78 is 5.08. The Morgan fingerprint density at radius 3 is 2.65 bits per heavy atom. The van der Waals surface area contributed by atoms with Crippen LogP contribution in [0.1, 0.15) is 35.1 Å². The van der Waals surface area contributed by atoms with Gasteiger partial charge in [0, 0.05) is 35.9 Å². The van der Waals surface area contributed by atoms with Crippen LogP contribution < -0.4 is 5.32 Å². The molecule has 0 aliphatic rings. The van der Waals surface area contributed by atoms with E-state index >= 15 is 0 Å². The lowest BCUT2D eigenvalue weighted by atomic mass is 10.1. The van der Waals surface area contributed by atoms with Crippen LogP contribution in [0.5, 0.6) is 0 Å². The maximum absolute atomic E-state index is 5.08. The smallest absolute Gasteiger partial charge is 0.0463 e. The summed E-state index contributed by atoms with van der Waals surface area (Å²) >= 11 is 3.69. The average molecular weight is 310 g/mol. The highest BCUT2D eigenvalue weighted by Crippen LogP contribution is 2.24. The van der Waals surface area contributed by atoms with E-state index < -0.39 is 0 Å². The zero-order chi connectivity index (χ0) is 14.0. The van der Waals surface area contributed by atoms with Crippen molar-refractivity contribution in [2.45, 2.75) is 31.7 Å². The zero-order valence-corrected chi connectivity index (χ0v) is 13.6. The summed E-state index contributed by atoms with van der Waals surface area (Å²) in [6.45, 7) is 1.96. The normalized spacial score (nSPS) is 12.7. The van der Waals surface area contributed by atoms with Crippen molar-refractivity contribution >= 4 is 22.7 Å². The van der Waals surface area contributed by atoms with Crippen molar-refractivity contribution in [1.29, 1.82) is 0 Å². The molecular weight excluding hydrogens is 286 g/mol. The quantitative estimate of drug-likeness (QED) is 0.652. The van der Waals surface area contributed by atoms with Gasteiger partial charge in [-0.05, 0) is 48.7 Å². The van der Waals surface area contributed by atoms with Crippen LogP contribution in [-0.2, 0) is 11.2 Å². The van der Waals surface area contributed by atoms with Crippen LogP contribution in [0.3, 0.4) is 0 Å². The lowest BCUT2D eigenvalue weighted by molar-refractivity contribution is 0.192. The summed E-state index contributed by atoms with van der Waals surface area (Å²) in [7, 11) is 1.77. The molecule has 0 amide bonds. The second-order valence-electron chi connectivity index (χ2n) is 4.86. The second-order valence-corrected chi connectivity index (χ2v) is 6.87. The highest BCUT2D eigenvalue weighted by molar-refractivity contribution is 7.10. The van der Waals surface area contributed by atoms with Crippen molar-refractivity contribution in [2.75, 3.05) is 20.3 Å². The van der Waals surface area contributed by atoms with Crippen molar-refractivity contribution in [1.82, 2.24) is 5.32 Å². The Morgan fingerprint density at radius 1 is 1.10 bits per heavy atom. The van der Waals surface area contributed by atoms with Crippen LogP contribution in [0.2, 0.25) is 0 Å². The number of nitrogens with one attached hydrogen (secondary N) is 1. The fourth-order valence-electron chi connectivity index (χ4n) is 2.22. The van der Waals surface area contributed by atoms with Crippen LogP contribution in [0.15, 0.2) is 35.0 Å². The number of thiophene rings is 2. The van der Waals surface area contributed by atoms with Crippen LogP contribution in [-0.4, -0.2) is 20.3 Å². The third-order valence-electron chi connectivity index (χ3n) is 3.29. The summed E-state index contributed by atoms with van der Waals surface area (Å²) in [5.74, 6) is 0. The van der Waals surface area contributed by atoms with Gasteiger partial charge in [-0.1, -0.05) is 12.1 Å². The molecule has 0 saturated heterocycles. The molecule has 0 aliphatic heterocycles. The largest absolute Gasteiger partial charge is 0.385 e. The summed E-state index contributed by atoms with van der Waals surface area (Å²) in [4.78, 5) is 2.89. The molecule has 0 saturated carbocycles. The predicted molar refractivity (Wildman–Crippen MR) is 88.8 cm³/mol. The summed E-state index contributed by atoms with van der Waals surface area (Å²) in [6, 6.07) is 9.20. The Bertz CT molecular complexity index is 439. The van der Waals surface area contributed by atoms with Gasteiger partial charge in [-0.25, -0.2) is 0 Å². The highest BCUT2D eigenvalue weighted by atomic mass is 32.1. The van der Waals surface area contributed by atoms with E-state index in [2.05, 4.69) is 40.3 Å². The number of methoxy groups -OCH3 is 1. The van der Waals surface area contributed by atoms with E-state index in [9.17, 15) is 0 Å². The Morgan fingerprint density at radius 2 is 1.95 bits per heavy atom. The lowest BCUT2D eigenvalue weighted by Crippen LogP contribution is -2.23. The Balaban J connectivity index is 1.78. The van der Waals surface area contributed by atoms with E-state index in [1.54, 1.807) is 7.11 Å². The molecule has 2 nitrogen and oxygen atoms in total. The van der Waals surface area contributed by atoms with E-state index in [0.29, 0.717) is 6.04 Å². The summed E-state index contributed by atoms with van der Waals surface area (Å²) in [5, 5.41) is 8.04. The number of ether oxygens (including phenoxy) is 1. The molecule has 1 atom stereocenters. The van der Waals surface area contributed by atoms with Gasteiger partial charge in [0.05, 0.1) is 0 Å². The molecule has 2 heterocycles. The van der Waals surface area contributed by atoms with E-state index in [1.165, 1.54) is 22.6 Å². The maximum atomic E-state index is 5.08. The van der Waals surface area contributed by atoms with Gasteiger partial charge in [0.1, 0.15) is 0 Å². The second kappa shape index (κ2) is 9.29. The molecule has 2 rings (SSSR count). The fraction of sp³-hybridized carbons (Fsp3) is 0.500. The van der Waals surface area contributed by atoms with Crippen LogP contribution in [0.4, 0.5) is 0 Å². The van der Waals surface area contributed by atoms with Gasteiger partial charge in [0.15, 0.2) is 0 Å². The minimum Gasteiger partial charge on any atom is -0.385 e. The first-order chi connectivity index (χ1) is 9.90. The molecule has 2 aromatic rings. The van der Waals surface area contributed by atoms with Gasteiger partial charge in [0.25, 0.3) is 0 Å². The molecule has 0 aliphatic carbocycles. The number of unbranched alkanes of at least 4 members (excludes halogenated alkanes) is 2. The monoisotopic (exact) mass is 309 g/mol. The number of hydrogen-bond donors (Lipinski definition) is 1. The van der Waals surface area contributed by atoms with Crippen LogP contribution in [0, 0.1) is 0 Å². The molecule has 1 unspecified atom stereocenters. The van der Waals surface area contributed by atoms with Crippen molar-refractivity contribution in [3.8, 4) is 0 Å². The first-order valence-corrected chi connectivity index (χ1v) is 8.94. The van der Waals surface area contributed by atoms with E-state index in [0.717, 1.165) is 26.0 Å². The molecule has 0 aromatic carbocycles. The Kier molecular flexibility index (Phi) is 7.30. The van der Waals surface area contributed by atoms with Gasteiger partial charge >= 0.3 is 0 Å². The highest BCUT2D eigenvalue weighted by Gasteiger charge is 2.13. The van der Waals surface area contributed by atoms with Crippen molar-refractivity contribution in [3.63, 3.8) is 0 Å². The van der Waals surface area contributed by atoms with Gasteiger partial charge in [-0.15, -0.1) is 22.7 Å². The van der Waals surface area contributed by atoms with E-state index in [4.69, 9.17) is 4.74 Å². The number of rotatable bonds is 10. The molecule has 1 N–H and O–H groups in total. The zero-order valence-electron chi connectivity index (χ0n) is 12.0. The van der Waals surface area contributed by atoms with Crippen LogP contribution >= 0.6 is 22.7 Å². The molecule has 4 heteroatoms. The topological polar surface area (TPSA) is 21.3 Å². The first-order valence-electron chi connectivity index (χ1n) is 7.18. The SMILES string of the molecule is COCCCCCNC(Cc1cccs1)c1cccs1. The van der Waals surface area contributed by atoms with Crippen molar-refractivity contribution in [2.24, 2.45) is 0 Å². The molecule has 2 aromatic heterocycles. The van der Waals surface area contributed by atoms with Gasteiger partial charge in [-0.3, -0.25) is 0 Å². The van der Waals surface area contributed by atoms with E-state index in [-0.39, 0.29) is 0 Å². The van der Waals surface area contributed by atoms with Crippen molar-refractivity contribution in [3.05, 3.63) is 44.8 Å². The molecule has 0 fully saturated rings. The third-order valence-corrected chi connectivity index (χ3v) is 5.17. The minimum absolute atomic E-state index is 0.455. The first kappa shape index (κ1) is 15.7. The molecule has 0 spiro atoms. The molecule has 20 heavy (non-hydrogen) atoms. The molecule has 0 bridgehead atoms. The van der Waals surface area contributed by atoms with Gasteiger partial charge < -0.3 is 10.1 Å². The van der Waals surface area contributed by atoms with Gasteiger partial charge in [0.2, 0.25) is 0 Å². The van der Waals surface area contributed by atoms with Crippen LogP contribution in [0.25, 0.3) is 0 Å². The lowest BCUT2D eigenvalue weighted by Gasteiger charge is -2.17. The standard InChI is InChI=1S/C16H23NOS2/c1-18-10-4-2-3-9-17-15(16-8-6-12-20-16)13-14-7-5-11-19-14/h5-8,11-12,15,17H,2-4,9-10,13H2,1H3.